The average Bonchev–Trinajstić information content (AvgIpc) is 2.85. The van der Waals surface area contributed by atoms with Crippen LogP contribution in [-0.2, 0) is 19.1 Å². The second-order valence-corrected chi connectivity index (χ2v) is 5.18. The minimum Gasteiger partial charge on any atom is -0.463 e. The molecule has 1 aliphatic rings. The SMILES string of the molecule is C=C[C@@H](c1ccc(Cl)cc1)[C@]1(C(=O)OCC)OCCC1=O. The third kappa shape index (κ3) is 2.74. The lowest BCUT2D eigenvalue weighted by molar-refractivity contribution is -0.171. The Labute approximate surface area is 128 Å². The second kappa shape index (κ2) is 6.41. The summed E-state index contributed by atoms with van der Waals surface area (Å²) < 4.78 is 10.6. The van der Waals surface area contributed by atoms with Crippen LogP contribution in [0.2, 0.25) is 5.02 Å². The molecule has 0 saturated carbocycles. The number of hydrogen-bond acceptors (Lipinski definition) is 4. The van der Waals surface area contributed by atoms with Crippen molar-refractivity contribution < 1.29 is 19.1 Å². The van der Waals surface area contributed by atoms with Gasteiger partial charge in [-0.1, -0.05) is 29.8 Å². The van der Waals surface area contributed by atoms with Gasteiger partial charge in [-0.3, -0.25) is 4.79 Å². The standard InChI is InChI=1S/C16H17ClO4/c1-3-13(11-5-7-12(17)8-6-11)16(15(19)20-4-2)14(18)9-10-21-16/h3,5-8,13H,1,4,9-10H2,2H3/t13-,16-/m0/s1. The first-order valence-corrected chi connectivity index (χ1v) is 7.16. The Morgan fingerprint density at radius 2 is 2.19 bits per heavy atom. The molecular formula is C16H17ClO4. The van der Waals surface area contributed by atoms with E-state index in [0.29, 0.717) is 5.02 Å². The number of rotatable bonds is 5. The van der Waals surface area contributed by atoms with E-state index in [4.69, 9.17) is 21.1 Å². The molecule has 0 unspecified atom stereocenters. The fourth-order valence-electron chi connectivity index (χ4n) is 2.58. The van der Waals surface area contributed by atoms with Gasteiger partial charge in [-0.25, -0.2) is 4.79 Å². The molecule has 1 heterocycles. The molecule has 1 aromatic rings. The molecule has 0 aliphatic carbocycles. The lowest BCUT2D eigenvalue weighted by Gasteiger charge is -2.31. The molecule has 0 N–H and O–H groups in total. The molecule has 21 heavy (non-hydrogen) atoms. The van der Waals surface area contributed by atoms with Gasteiger partial charge < -0.3 is 9.47 Å². The highest BCUT2D eigenvalue weighted by atomic mass is 35.5. The summed E-state index contributed by atoms with van der Waals surface area (Å²) in [5.74, 6) is -1.54. The Balaban J connectivity index is 2.48. The van der Waals surface area contributed by atoms with Crippen molar-refractivity contribution in [3.63, 3.8) is 0 Å². The van der Waals surface area contributed by atoms with Crippen LogP contribution in [0.15, 0.2) is 36.9 Å². The van der Waals surface area contributed by atoms with Crippen molar-refractivity contribution in [1.82, 2.24) is 0 Å². The lowest BCUT2D eigenvalue weighted by Crippen LogP contribution is -2.50. The van der Waals surface area contributed by atoms with Crippen LogP contribution in [0.5, 0.6) is 0 Å². The number of ketones is 1. The van der Waals surface area contributed by atoms with E-state index in [-0.39, 0.29) is 25.4 Å². The normalized spacial score (nSPS) is 22.9. The molecular weight excluding hydrogens is 292 g/mol. The number of carbonyl (C=O) groups excluding carboxylic acids is 2. The van der Waals surface area contributed by atoms with Crippen LogP contribution in [0, 0.1) is 0 Å². The summed E-state index contributed by atoms with van der Waals surface area (Å²) >= 11 is 5.88. The first-order chi connectivity index (χ1) is 10.1. The Morgan fingerprint density at radius 3 is 2.67 bits per heavy atom. The summed E-state index contributed by atoms with van der Waals surface area (Å²) in [6.45, 7) is 5.83. The molecule has 2 rings (SSSR count). The van der Waals surface area contributed by atoms with E-state index in [2.05, 4.69) is 6.58 Å². The van der Waals surface area contributed by atoms with E-state index in [1.54, 1.807) is 37.3 Å². The van der Waals surface area contributed by atoms with Crippen LogP contribution in [0.3, 0.4) is 0 Å². The molecule has 1 aromatic carbocycles. The number of hydrogen-bond donors (Lipinski definition) is 0. The van der Waals surface area contributed by atoms with Gasteiger partial charge in [0.05, 0.1) is 13.2 Å². The van der Waals surface area contributed by atoms with Crippen LogP contribution in [0.1, 0.15) is 24.8 Å². The molecule has 1 saturated heterocycles. The Kier molecular flexibility index (Phi) is 4.80. The first-order valence-electron chi connectivity index (χ1n) is 6.78. The first kappa shape index (κ1) is 15.7. The van der Waals surface area contributed by atoms with E-state index in [9.17, 15) is 9.59 Å². The number of ether oxygens (including phenoxy) is 2. The average molecular weight is 309 g/mol. The van der Waals surface area contributed by atoms with Crippen LogP contribution in [-0.4, -0.2) is 30.6 Å². The number of esters is 1. The maximum absolute atomic E-state index is 12.4. The van der Waals surface area contributed by atoms with Gasteiger partial charge in [-0.05, 0) is 24.6 Å². The quantitative estimate of drug-likeness (QED) is 0.477. The molecule has 1 aliphatic heterocycles. The van der Waals surface area contributed by atoms with Crippen molar-refractivity contribution in [3.8, 4) is 0 Å². The minimum absolute atomic E-state index is 0.182. The third-order valence-electron chi connectivity index (χ3n) is 3.55. The number of halogens is 1. The smallest absolute Gasteiger partial charge is 0.347 e. The Hall–Kier alpha value is -1.65. The highest BCUT2D eigenvalue weighted by Gasteiger charge is 2.56. The largest absolute Gasteiger partial charge is 0.463 e. The summed E-state index contributed by atoms with van der Waals surface area (Å²) in [7, 11) is 0. The summed E-state index contributed by atoms with van der Waals surface area (Å²) in [4.78, 5) is 24.7. The Morgan fingerprint density at radius 1 is 1.52 bits per heavy atom. The molecule has 112 valence electrons. The molecule has 0 amide bonds. The van der Waals surface area contributed by atoms with Gasteiger partial charge in [0.1, 0.15) is 0 Å². The zero-order chi connectivity index (χ0) is 15.5. The van der Waals surface area contributed by atoms with Gasteiger partial charge in [-0.15, -0.1) is 6.58 Å². The van der Waals surface area contributed by atoms with Crippen molar-refractivity contribution >= 4 is 23.4 Å². The molecule has 1 fully saturated rings. The monoisotopic (exact) mass is 308 g/mol. The lowest BCUT2D eigenvalue weighted by atomic mass is 9.79. The fraction of sp³-hybridized carbons (Fsp3) is 0.375. The molecule has 0 spiro atoms. The zero-order valence-corrected chi connectivity index (χ0v) is 12.6. The molecule has 0 aromatic heterocycles. The molecule has 0 radical (unpaired) electrons. The van der Waals surface area contributed by atoms with E-state index >= 15 is 0 Å². The summed E-state index contributed by atoms with van der Waals surface area (Å²) in [6.07, 6.45) is 1.74. The maximum Gasteiger partial charge on any atom is 0.347 e. The van der Waals surface area contributed by atoms with Gasteiger partial charge in [0.2, 0.25) is 5.60 Å². The fourth-order valence-corrected chi connectivity index (χ4v) is 2.71. The highest BCUT2D eigenvalue weighted by Crippen LogP contribution is 2.39. The zero-order valence-electron chi connectivity index (χ0n) is 11.8. The van der Waals surface area contributed by atoms with Crippen LogP contribution in [0.25, 0.3) is 0 Å². The van der Waals surface area contributed by atoms with Crippen molar-refractivity contribution in [1.29, 1.82) is 0 Å². The van der Waals surface area contributed by atoms with E-state index < -0.39 is 17.5 Å². The second-order valence-electron chi connectivity index (χ2n) is 4.74. The highest BCUT2D eigenvalue weighted by molar-refractivity contribution is 6.30. The maximum atomic E-state index is 12.4. The molecule has 5 heteroatoms. The number of benzene rings is 1. The molecule has 2 atom stereocenters. The van der Waals surface area contributed by atoms with Crippen molar-refractivity contribution in [3.05, 3.63) is 47.5 Å². The van der Waals surface area contributed by atoms with Gasteiger partial charge in [0.15, 0.2) is 5.78 Å². The number of Topliss-reactive ketones (excluding diaryl/α,β-unsaturated/α-hetero) is 1. The molecule has 0 bridgehead atoms. The molecule has 4 nitrogen and oxygen atoms in total. The summed E-state index contributed by atoms with van der Waals surface area (Å²) in [5, 5.41) is 0.574. The summed E-state index contributed by atoms with van der Waals surface area (Å²) in [5.41, 5.74) is -0.899. The van der Waals surface area contributed by atoms with Crippen LogP contribution >= 0.6 is 11.6 Å². The number of carbonyl (C=O) groups is 2. The predicted molar refractivity (Wildman–Crippen MR) is 79.3 cm³/mol. The third-order valence-corrected chi connectivity index (χ3v) is 3.81. The van der Waals surface area contributed by atoms with Crippen molar-refractivity contribution in [2.45, 2.75) is 24.9 Å². The van der Waals surface area contributed by atoms with Crippen molar-refractivity contribution in [2.24, 2.45) is 0 Å². The topological polar surface area (TPSA) is 52.6 Å². The van der Waals surface area contributed by atoms with Crippen LogP contribution in [0.4, 0.5) is 0 Å². The van der Waals surface area contributed by atoms with Crippen LogP contribution < -0.4 is 0 Å². The van der Waals surface area contributed by atoms with Crippen molar-refractivity contribution in [2.75, 3.05) is 13.2 Å². The van der Waals surface area contributed by atoms with E-state index in [0.717, 1.165) is 5.56 Å². The van der Waals surface area contributed by atoms with E-state index in [1.165, 1.54) is 0 Å². The van der Waals surface area contributed by atoms with Gasteiger partial charge in [0.25, 0.3) is 0 Å². The predicted octanol–water partition coefficient (Wildman–Crippen LogP) is 2.90. The van der Waals surface area contributed by atoms with Gasteiger partial charge in [-0.2, -0.15) is 0 Å². The van der Waals surface area contributed by atoms with Gasteiger partial charge >= 0.3 is 5.97 Å². The Bertz CT molecular complexity index is 552. The summed E-state index contributed by atoms with van der Waals surface area (Å²) in [6, 6.07) is 6.91. The van der Waals surface area contributed by atoms with E-state index in [1.807, 2.05) is 0 Å². The minimum atomic E-state index is -1.63. The van der Waals surface area contributed by atoms with Gasteiger partial charge in [0, 0.05) is 17.4 Å².